The molecule has 0 aliphatic rings. The van der Waals surface area contributed by atoms with E-state index >= 15 is 0 Å². The molecule has 0 amide bonds. The Morgan fingerprint density at radius 1 is 1.00 bits per heavy atom. The molecule has 5 heteroatoms. The van der Waals surface area contributed by atoms with E-state index in [2.05, 4.69) is 0 Å². The maximum atomic E-state index is 12.5. The predicted octanol–water partition coefficient (Wildman–Crippen LogP) is 4.65. The topological polar surface area (TPSA) is 76.0 Å². The van der Waals surface area contributed by atoms with Crippen LogP contribution in [0.2, 0.25) is 0 Å². The third kappa shape index (κ3) is 3.72. The van der Waals surface area contributed by atoms with E-state index in [1.807, 2.05) is 37.3 Å². The third-order valence-electron chi connectivity index (χ3n) is 4.00. The lowest BCUT2D eigenvalue weighted by Gasteiger charge is -2.12. The number of esters is 1. The van der Waals surface area contributed by atoms with Gasteiger partial charge in [-0.15, -0.1) is 0 Å². The maximum absolute atomic E-state index is 12.5. The molecule has 0 aliphatic heterocycles. The SMILES string of the molecule is CCCCOc1cc(C(=O)Oc2cccc3ccccc23)cc(O)c1O. The van der Waals surface area contributed by atoms with E-state index in [9.17, 15) is 15.0 Å². The Kier molecular flexibility index (Phi) is 5.27. The average Bonchev–Trinajstić information content (AvgIpc) is 2.65. The lowest BCUT2D eigenvalue weighted by Crippen LogP contribution is -2.09. The van der Waals surface area contributed by atoms with Gasteiger partial charge in [0.25, 0.3) is 0 Å². The minimum atomic E-state index is -0.642. The Bertz CT molecular complexity index is 928. The molecular weight excluding hydrogens is 332 g/mol. The molecule has 26 heavy (non-hydrogen) atoms. The van der Waals surface area contributed by atoms with Crippen LogP contribution in [0.15, 0.2) is 54.6 Å². The Labute approximate surface area is 151 Å². The van der Waals surface area contributed by atoms with Gasteiger partial charge in [0.1, 0.15) is 5.75 Å². The molecule has 3 rings (SSSR count). The van der Waals surface area contributed by atoms with Crippen molar-refractivity contribution >= 4 is 16.7 Å². The molecule has 0 spiro atoms. The van der Waals surface area contributed by atoms with E-state index < -0.39 is 11.7 Å². The minimum absolute atomic E-state index is 0.0586. The van der Waals surface area contributed by atoms with Crippen molar-refractivity contribution < 1.29 is 24.5 Å². The molecule has 0 unspecified atom stereocenters. The number of hydrogen-bond donors (Lipinski definition) is 2. The number of phenolic OH excluding ortho intramolecular Hbond substituents is 2. The van der Waals surface area contributed by atoms with Crippen molar-refractivity contribution in [3.63, 3.8) is 0 Å². The largest absolute Gasteiger partial charge is 0.504 e. The molecule has 0 saturated carbocycles. The number of phenols is 2. The fourth-order valence-corrected chi connectivity index (χ4v) is 2.59. The van der Waals surface area contributed by atoms with Crippen molar-refractivity contribution in [3.05, 3.63) is 60.2 Å². The molecule has 0 saturated heterocycles. The van der Waals surface area contributed by atoms with Crippen LogP contribution in [-0.2, 0) is 0 Å². The van der Waals surface area contributed by atoms with Crippen LogP contribution in [0.1, 0.15) is 30.1 Å². The zero-order valence-corrected chi connectivity index (χ0v) is 14.4. The van der Waals surface area contributed by atoms with Gasteiger partial charge in [0, 0.05) is 5.39 Å². The molecule has 0 aliphatic carbocycles. The fourth-order valence-electron chi connectivity index (χ4n) is 2.59. The van der Waals surface area contributed by atoms with Crippen LogP contribution in [0.4, 0.5) is 0 Å². The van der Waals surface area contributed by atoms with Crippen molar-refractivity contribution in [2.24, 2.45) is 0 Å². The lowest BCUT2D eigenvalue weighted by atomic mass is 10.1. The number of hydrogen-bond acceptors (Lipinski definition) is 5. The van der Waals surface area contributed by atoms with Crippen molar-refractivity contribution in [2.75, 3.05) is 6.61 Å². The fraction of sp³-hybridized carbons (Fsp3) is 0.190. The molecule has 3 aromatic carbocycles. The summed E-state index contributed by atoms with van der Waals surface area (Å²) < 4.78 is 11.0. The zero-order valence-electron chi connectivity index (χ0n) is 14.4. The highest BCUT2D eigenvalue weighted by atomic mass is 16.5. The van der Waals surface area contributed by atoms with Gasteiger partial charge >= 0.3 is 5.97 Å². The highest BCUT2D eigenvalue weighted by molar-refractivity contribution is 5.96. The first-order valence-electron chi connectivity index (χ1n) is 8.49. The van der Waals surface area contributed by atoms with Crippen LogP contribution in [0.5, 0.6) is 23.0 Å². The normalized spacial score (nSPS) is 10.7. The number of carbonyl (C=O) groups is 1. The molecule has 134 valence electrons. The number of benzene rings is 3. The van der Waals surface area contributed by atoms with Gasteiger partial charge in [0.15, 0.2) is 11.5 Å². The first-order chi connectivity index (χ1) is 12.6. The second-order valence-corrected chi connectivity index (χ2v) is 5.91. The van der Waals surface area contributed by atoms with Gasteiger partial charge < -0.3 is 19.7 Å². The molecule has 0 radical (unpaired) electrons. The maximum Gasteiger partial charge on any atom is 0.343 e. The smallest absolute Gasteiger partial charge is 0.343 e. The molecule has 2 N–H and O–H groups in total. The second-order valence-electron chi connectivity index (χ2n) is 5.91. The van der Waals surface area contributed by atoms with Crippen LogP contribution in [0.3, 0.4) is 0 Å². The summed E-state index contributed by atoms with van der Waals surface area (Å²) in [5.74, 6) is -0.971. The highest BCUT2D eigenvalue weighted by Crippen LogP contribution is 2.37. The Balaban J connectivity index is 1.87. The third-order valence-corrected chi connectivity index (χ3v) is 4.00. The Morgan fingerprint density at radius 2 is 1.77 bits per heavy atom. The van der Waals surface area contributed by atoms with E-state index in [0.717, 1.165) is 29.7 Å². The van der Waals surface area contributed by atoms with Crippen LogP contribution in [0.25, 0.3) is 10.8 Å². The molecule has 3 aromatic rings. The summed E-state index contributed by atoms with van der Waals surface area (Å²) in [5, 5.41) is 21.6. The summed E-state index contributed by atoms with van der Waals surface area (Å²) in [5.41, 5.74) is 0.0970. The van der Waals surface area contributed by atoms with E-state index in [0.29, 0.717) is 12.4 Å². The molecule has 0 fully saturated rings. The quantitative estimate of drug-likeness (QED) is 0.292. The lowest BCUT2D eigenvalue weighted by molar-refractivity contribution is 0.0736. The molecule has 5 nitrogen and oxygen atoms in total. The van der Waals surface area contributed by atoms with Gasteiger partial charge in [0.2, 0.25) is 5.75 Å². The van der Waals surface area contributed by atoms with E-state index in [1.54, 1.807) is 12.1 Å². The molecule has 0 heterocycles. The van der Waals surface area contributed by atoms with Crippen LogP contribution in [0, 0.1) is 0 Å². The minimum Gasteiger partial charge on any atom is -0.504 e. The second kappa shape index (κ2) is 7.78. The van der Waals surface area contributed by atoms with Gasteiger partial charge in [-0.05, 0) is 30.0 Å². The van der Waals surface area contributed by atoms with Gasteiger partial charge in [0.05, 0.1) is 12.2 Å². The Hall–Kier alpha value is -3.21. The standard InChI is InChI=1S/C21H20O5/c1-2-3-11-25-19-13-15(12-17(22)20(19)23)21(24)26-18-10-6-8-14-7-4-5-9-16(14)18/h4-10,12-13,22-23H,2-3,11H2,1H3. The molecule has 0 atom stereocenters. The van der Waals surface area contributed by atoms with Crippen molar-refractivity contribution in [1.29, 1.82) is 0 Å². The monoisotopic (exact) mass is 352 g/mol. The van der Waals surface area contributed by atoms with E-state index in [4.69, 9.17) is 9.47 Å². The first kappa shape index (κ1) is 17.6. The molecular formula is C21H20O5. The van der Waals surface area contributed by atoms with Gasteiger partial charge in [-0.2, -0.15) is 0 Å². The van der Waals surface area contributed by atoms with Crippen LogP contribution < -0.4 is 9.47 Å². The number of ether oxygens (including phenoxy) is 2. The zero-order chi connectivity index (χ0) is 18.5. The summed E-state index contributed by atoms with van der Waals surface area (Å²) in [7, 11) is 0. The summed E-state index contributed by atoms with van der Waals surface area (Å²) >= 11 is 0. The summed E-state index contributed by atoms with van der Waals surface area (Å²) in [6.07, 6.45) is 1.72. The van der Waals surface area contributed by atoms with Crippen LogP contribution >= 0.6 is 0 Å². The molecule has 0 bridgehead atoms. The van der Waals surface area contributed by atoms with Gasteiger partial charge in [-0.25, -0.2) is 4.79 Å². The average molecular weight is 352 g/mol. The number of aromatic hydroxyl groups is 2. The van der Waals surface area contributed by atoms with E-state index in [1.165, 1.54) is 6.07 Å². The summed E-state index contributed by atoms with van der Waals surface area (Å²) in [6, 6.07) is 15.5. The van der Waals surface area contributed by atoms with Crippen molar-refractivity contribution in [3.8, 4) is 23.0 Å². The number of carbonyl (C=O) groups excluding carboxylic acids is 1. The summed E-state index contributed by atoms with van der Waals surface area (Å²) in [6.45, 7) is 2.39. The predicted molar refractivity (Wildman–Crippen MR) is 99.1 cm³/mol. The van der Waals surface area contributed by atoms with E-state index in [-0.39, 0.29) is 17.1 Å². The Morgan fingerprint density at radius 3 is 2.58 bits per heavy atom. The number of unbranched alkanes of at least 4 members (excludes halogenated alkanes) is 1. The molecule has 0 aromatic heterocycles. The highest BCUT2D eigenvalue weighted by Gasteiger charge is 2.17. The summed E-state index contributed by atoms with van der Waals surface area (Å²) in [4.78, 5) is 12.5. The number of rotatable bonds is 6. The van der Waals surface area contributed by atoms with Crippen molar-refractivity contribution in [2.45, 2.75) is 19.8 Å². The van der Waals surface area contributed by atoms with Gasteiger partial charge in [-0.3, -0.25) is 0 Å². The van der Waals surface area contributed by atoms with Gasteiger partial charge in [-0.1, -0.05) is 49.7 Å². The number of fused-ring (bicyclic) bond motifs is 1. The van der Waals surface area contributed by atoms with Crippen LogP contribution in [-0.4, -0.2) is 22.8 Å². The first-order valence-corrected chi connectivity index (χ1v) is 8.49. The van der Waals surface area contributed by atoms with Crippen molar-refractivity contribution in [1.82, 2.24) is 0 Å².